The number of carbonyl (C=O) groups is 2. The smallest absolute Gasteiger partial charge is 0.326 e. The van der Waals surface area contributed by atoms with Gasteiger partial charge in [0.25, 0.3) is 11.6 Å². The Morgan fingerprint density at radius 1 is 1.19 bits per heavy atom. The number of para-hydroxylation sites is 1. The standard InChI is InChI=1S/C18H19N3O5/c1-3-26-17(22)12-20(14-7-5-4-6-8-14)18(23)13-9-10-15(19-2)16(11-13)21(24)25/h4-11,19H,3,12H2,1-2H3. The zero-order valence-corrected chi connectivity index (χ0v) is 14.5. The molecule has 8 heteroatoms. The van der Waals surface area contributed by atoms with Gasteiger partial charge in [-0.3, -0.25) is 24.6 Å². The van der Waals surface area contributed by atoms with Gasteiger partial charge in [0, 0.05) is 24.4 Å². The summed E-state index contributed by atoms with van der Waals surface area (Å²) in [7, 11) is 1.56. The van der Waals surface area contributed by atoms with Crippen molar-refractivity contribution in [1.29, 1.82) is 0 Å². The van der Waals surface area contributed by atoms with Crippen LogP contribution in [-0.4, -0.2) is 37.0 Å². The van der Waals surface area contributed by atoms with Crippen LogP contribution in [0.4, 0.5) is 17.1 Å². The summed E-state index contributed by atoms with van der Waals surface area (Å²) in [6.45, 7) is 1.57. The monoisotopic (exact) mass is 357 g/mol. The summed E-state index contributed by atoms with van der Waals surface area (Å²) in [5.41, 5.74) is 0.667. The summed E-state index contributed by atoms with van der Waals surface area (Å²) < 4.78 is 4.93. The van der Waals surface area contributed by atoms with Crippen LogP contribution in [0.25, 0.3) is 0 Å². The molecule has 0 aliphatic heterocycles. The quantitative estimate of drug-likeness (QED) is 0.464. The highest BCUT2D eigenvalue weighted by atomic mass is 16.6. The van der Waals surface area contributed by atoms with Crippen LogP contribution >= 0.6 is 0 Å². The molecule has 0 saturated heterocycles. The lowest BCUT2D eigenvalue weighted by Gasteiger charge is -2.22. The lowest BCUT2D eigenvalue weighted by molar-refractivity contribution is -0.384. The zero-order chi connectivity index (χ0) is 19.1. The Bertz CT molecular complexity index is 808. The molecule has 2 rings (SSSR count). The number of hydrogen-bond acceptors (Lipinski definition) is 6. The van der Waals surface area contributed by atoms with Crippen molar-refractivity contribution in [3.63, 3.8) is 0 Å². The van der Waals surface area contributed by atoms with E-state index in [9.17, 15) is 19.7 Å². The topological polar surface area (TPSA) is 102 Å². The third-order valence-electron chi connectivity index (χ3n) is 3.62. The molecular weight excluding hydrogens is 338 g/mol. The third kappa shape index (κ3) is 4.35. The van der Waals surface area contributed by atoms with Crippen LogP contribution < -0.4 is 10.2 Å². The normalized spacial score (nSPS) is 10.1. The van der Waals surface area contributed by atoms with Gasteiger partial charge in [0.1, 0.15) is 12.2 Å². The number of esters is 1. The molecule has 2 aromatic carbocycles. The maximum absolute atomic E-state index is 12.9. The lowest BCUT2D eigenvalue weighted by Crippen LogP contribution is -2.36. The second-order valence-electron chi connectivity index (χ2n) is 5.27. The number of nitrogens with one attached hydrogen (secondary N) is 1. The van der Waals surface area contributed by atoms with Gasteiger partial charge in [-0.15, -0.1) is 0 Å². The molecule has 0 aromatic heterocycles. The number of benzene rings is 2. The SMILES string of the molecule is CCOC(=O)CN(C(=O)c1ccc(NC)c([N+](=O)[O-])c1)c1ccccc1. The van der Waals surface area contributed by atoms with Crippen LogP contribution in [0, 0.1) is 10.1 Å². The second kappa shape index (κ2) is 8.61. The zero-order valence-electron chi connectivity index (χ0n) is 14.5. The summed E-state index contributed by atoms with van der Waals surface area (Å²) in [5.74, 6) is -1.10. The van der Waals surface area contributed by atoms with E-state index in [0.29, 0.717) is 11.4 Å². The molecular formula is C18H19N3O5. The van der Waals surface area contributed by atoms with Gasteiger partial charge < -0.3 is 10.1 Å². The Morgan fingerprint density at radius 2 is 1.88 bits per heavy atom. The highest BCUT2D eigenvalue weighted by Gasteiger charge is 2.24. The number of ether oxygens (including phenoxy) is 1. The van der Waals surface area contributed by atoms with Crippen molar-refractivity contribution < 1.29 is 19.2 Å². The number of nitro benzene ring substituents is 1. The summed E-state index contributed by atoms with van der Waals surface area (Å²) in [4.78, 5) is 36.7. The number of rotatable bonds is 7. The maximum Gasteiger partial charge on any atom is 0.326 e. The van der Waals surface area contributed by atoms with Crippen LogP contribution in [0.3, 0.4) is 0 Å². The molecule has 0 fully saturated rings. The van der Waals surface area contributed by atoms with E-state index in [-0.39, 0.29) is 24.4 Å². The van der Waals surface area contributed by atoms with E-state index in [1.54, 1.807) is 44.3 Å². The average molecular weight is 357 g/mol. The number of amides is 1. The van der Waals surface area contributed by atoms with E-state index in [1.165, 1.54) is 23.1 Å². The molecule has 0 heterocycles. The third-order valence-corrected chi connectivity index (χ3v) is 3.62. The second-order valence-corrected chi connectivity index (χ2v) is 5.27. The molecule has 0 radical (unpaired) electrons. The molecule has 8 nitrogen and oxygen atoms in total. The van der Waals surface area contributed by atoms with Gasteiger partial charge in [0.2, 0.25) is 0 Å². The first kappa shape index (κ1) is 18.9. The van der Waals surface area contributed by atoms with Crippen molar-refractivity contribution in [2.75, 3.05) is 30.4 Å². The Balaban J connectivity index is 2.41. The van der Waals surface area contributed by atoms with Gasteiger partial charge in [-0.2, -0.15) is 0 Å². The molecule has 26 heavy (non-hydrogen) atoms. The number of anilines is 2. The Kier molecular flexibility index (Phi) is 6.26. The minimum Gasteiger partial charge on any atom is -0.465 e. The van der Waals surface area contributed by atoms with Crippen LogP contribution in [0.15, 0.2) is 48.5 Å². The van der Waals surface area contributed by atoms with Crippen molar-refractivity contribution in [2.45, 2.75) is 6.92 Å². The van der Waals surface area contributed by atoms with Crippen molar-refractivity contribution in [3.8, 4) is 0 Å². The van der Waals surface area contributed by atoms with Gasteiger partial charge in [-0.1, -0.05) is 18.2 Å². The molecule has 0 saturated carbocycles. The van der Waals surface area contributed by atoms with E-state index in [1.807, 2.05) is 0 Å². The van der Waals surface area contributed by atoms with E-state index in [2.05, 4.69) is 5.32 Å². The van der Waals surface area contributed by atoms with Crippen LogP contribution in [-0.2, 0) is 9.53 Å². The summed E-state index contributed by atoms with van der Waals surface area (Å²) in [6, 6.07) is 12.7. The number of carbonyl (C=O) groups excluding carboxylic acids is 2. The fourth-order valence-electron chi connectivity index (χ4n) is 2.41. The Morgan fingerprint density at radius 3 is 2.46 bits per heavy atom. The van der Waals surface area contributed by atoms with Crippen molar-refractivity contribution in [1.82, 2.24) is 0 Å². The summed E-state index contributed by atoms with van der Waals surface area (Å²) >= 11 is 0. The van der Waals surface area contributed by atoms with E-state index in [0.717, 1.165) is 0 Å². The largest absolute Gasteiger partial charge is 0.465 e. The lowest BCUT2D eigenvalue weighted by atomic mass is 10.1. The molecule has 0 bridgehead atoms. The van der Waals surface area contributed by atoms with Gasteiger partial charge in [0.05, 0.1) is 11.5 Å². The van der Waals surface area contributed by atoms with Crippen molar-refractivity contribution in [3.05, 3.63) is 64.2 Å². The average Bonchev–Trinajstić information content (AvgIpc) is 2.66. The molecule has 1 amide bonds. The van der Waals surface area contributed by atoms with Gasteiger partial charge in [-0.05, 0) is 31.2 Å². The molecule has 0 aliphatic carbocycles. The highest BCUT2D eigenvalue weighted by Crippen LogP contribution is 2.26. The van der Waals surface area contributed by atoms with Gasteiger partial charge in [0.15, 0.2) is 0 Å². The first-order chi connectivity index (χ1) is 12.5. The maximum atomic E-state index is 12.9. The number of nitrogens with zero attached hydrogens (tertiary/aromatic N) is 2. The van der Waals surface area contributed by atoms with E-state index in [4.69, 9.17) is 4.74 Å². The van der Waals surface area contributed by atoms with E-state index >= 15 is 0 Å². The molecule has 0 atom stereocenters. The van der Waals surface area contributed by atoms with Gasteiger partial charge in [-0.25, -0.2) is 0 Å². The summed E-state index contributed by atoms with van der Waals surface area (Å²) in [6.07, 6.45) is 0. The summed E-state index contributed by atoms with van der Waals surface area (Å²) in [5, 5.41) is 13.9. The molecule has 0 spiro atoms. The molecule has 0 aliphatic rings. The van der Waals surface area contributed by atoms with Crippen molar-refractivity contribution in [2.24, 2.45) is 0 Å². The molecule has 1 N–H and O–H groups in total. The minimum atomic E-state index is -0.569. The van der Waals surface area contributed by atoms with Crippen LogP contribution in [0.5, 0.6) is 0 Å². The molecule has 2 aromatic rings. The van der Waals surface area contributed by atoms with Crippen LogP contribution in [0.1, 0.15) is 17.3 Å². The van der Waals surface area contributed by atoms with E-state index < -0.39 is 16.8 Å². The van der Waals surface area contributed by atoms with Gasteiger partial charge >= 0.3 is 5.97 Å². The Hall–Kier alpha value is -3.42. The minimum absolute atomic E-state index is 0.101. The fraction of sp³-hybridized carbons (Fsp3) is 0.222. The number of nitro groups is 1. The fourth-order valence-corrected chi connectivity index (χ4v) is 2.41. The molecule has 136 valence electrons. The Labute approximate surface area is 150 Å². The van der Waals surface area contributed by atoms with Crippen molar-refractivity contribution >= 4 is 28.9 Å². The first-order valence-electron chi connectivity index (χ1n) is 7.96. The predicted molar refractivity (Wildman–Crippen MR) is 97.4 cm³/mol. The number of hydrogen-bond donors (Lipinski definition) is 1. The van der Waals surface area contributed by atoms with Crippen LogP contribution in [0.2, 0.25) is 0 Å². The first-order valence-corrected chi connectivity index (χ1v) is 7.96. The predicted octanol–water partition coefficient (Wildman–Crippen LogP) is 2.85. The molecule has 0 unspecified atom stereocenters. The highest BCUT2D eigenvalue weighted by molar-refractivity contribution is 6.09.